The van der Waals surface area contributed by atoms with Crippen molar-refractivity contribution >= 4 is 35.2 Å². The fourth-order valence-corrected chi connectivity index (χ4v) is 7.42. The number of phenols is 1. The van der Waals surface area contributed by atoms with Crippen LogP contribution in [0.3, 0.4) is 0 Å². The lowest BCUT2D eigenvalue weighted by molar-refractivity contribution is 0.0565. The molecule has 4 aromatic carbocycles. The largest absolute Gasteiger partial charge is 0.507 e. The van der Waals surface area contributed by atoms with Gasteiger partial charge in [-0.15, -0.1) is 0 Å². The molecule has 0 amide bonds. The third-order valence-corrected chi connectivity index (χ3v) is 10.5. The molecule has 0 aliphatic carbocycles. The van der Waals surface area contributed by atoms with Crippen molar-refractivity contribution in [2.45, 2.75) is 43.4 Å². The molecule has 4 N–H and O–H groups in total. The van der Waals surface area contributed by atoms with Crippen LogP contribution < -0.4 is 4.74 Å². The molecule has 4 rings (SSSR count). The van der Waals surface area contributed by atoms with E-state index in [1.54, 1.807) is 36.4 Å². The molecule has 10 nitrogen and oxygen atoms in total. The first-order valence-electron chi connectivity index (χ1n) is 14.0. The summed E-state index contributed by atoms with van der Waals surface area (Å²) in [6.07, 6.45) is 1.13. The maximum absolute atomic E-state index is 14.4. The number of aromatic hydroxyl groups is 1. The van der Waals surface area contributed by atoms with Crippen LogP contribution in [0.1, 0.15) is 46.0 Å². The number of para-hydroxylation sites is 1. The van der Waals surface area contributed by atoms with E-state index in [2.05, 4.69) is 0 Å². The van der Waals surface area contributed by atoms with E-state index in [9.17, 15) is 36.8 Å². The lowest BCUT2D eigenvalue weighted by atomic mass is 9.96. The third kappa shape index (κ3) is 7.67. The number of halogens is 3. The molecule has 0 aliphatic rings. The van der Waals surface area contributed by atoms with E-state index in [0.717, 1.165) is 22.5 Å². The average Bonchev–Trinajstić information content (AvgIpc) is 3.01. The first-order chi connectivity index (χ1) is 22.0. The minimum absolute atomic E-state index is 0.0620. The van der Waals surface area contributed by atoms with Gasteiger partial charge in [0, 0.05) is 13.1 Å². The molecule has 47 heavy (non-hydrogen) atoms. The minimum atomic E-state index is -5.90. The molecule has 0 saturated heterocycles. The quantitative estimate of drug-likeness (QED) is 0.107. The van der Waals surface area contributed by atoms with Crippen LogP contribution >= 0.6 is 19.2 Å². The van der Waals surface area contributed by atoms with E-state index >= 15 is 0 Å². The van der Waals surface area contributed by atoms with Gasteiger partial charge in [-0.2, -0.15) is 13.1 Å². The Morgan fingerprint density at radius 3 is 2.15 bits per heavy atom. The van der Waals surface area contributed by atoms with E-state index < -0.39 is 39.8 Å². The zero-order valence-electron chi connectivity index (χ0n) is 25.1. The standard InChI is InChI=1S/C32H31ClF2NO9PS/c1-3-6-23-16-24(17-25(30(23)37)31(38)39)22-12-9-20(10-13-22)18-36(47(43,44)29-8-5-4-7-28(29)45-2)19-21-11-14-26(27(33)15-21)32(34,35)46(40,41)42/h4-5,7-17,37H,3,6,18-19H2,1-2H3,(H,38,39)(H2,40,41,42). The third-order valence-electron chi connectivity index (χ3n) is 7.35. The highest BCUT2D eigenvalue weighted by Gasteiger charge is 2.51. The van der Waals surface area contributed by atoms with Crippen molar-refractivity contribution in [3.8, 4) is 22.6 Å². The highest BCUT2D eigenvalue weighted by molar-refractivity contribution is 7.89. The zero-order chi connectivity index (χ0) is 34.7. The molecule has 4 aromatic rings. The Bertz CT molecular complexity index is 1950. The number of aromatic carboxylic acids is 1. The van der Waals surface area contributed by atoms with Gasteiger partial charge in [0.1, 0.15) is 22.0 Å². The van der Waals surface area contributed by atoms with Gasteiger partial charge in [-0.1, -0.05) is 73.5 Å². The van der Waals surface area contributed by atoms with Gasteiger partial charge in [-0.25, -0.2) is 13.2 Å². The molecule has 0 atom stereocenters. The van der Waals surface area contributed by atoms with Crippen molar-refractivity contribution in [2.24, 2.45) is 0 Å². The maximum atomic E-state index is 14.4. The highest BCUT2D eigenvalue weighted by atomic mass is 35.5. The lowest BCUT2D eigenvalue weighted by Crippen LogP contribution is -2.30. The van der Waals surface area contributed by atoms with E-state index in [-0.39, 0.29) is 40.6 Å². The Labute approximate surface area is 275 Å². The average molecular weight is 710 g/mol. The number of carboxylic acid groups (broad SMARTS) is 1. The Hall–Kier alpha value is -3.84. The summed E-state index contributed by atoms with van der Waals surface area (Å²) < 4.78 is 74.5. The summed E-state index contributed by atoms with van der Waals surface area (Å²) in [5.74, 6) is -1.52. The first kappa shape index (κ1) is 36.0. The van der Waals surface area contributed by atoms with E-state index in [1.807, 2.05) is 6.92 Å². The smallest absolute Gasteiger partial charge is 0.399 e. The topological polar surface area (TPSA) is 162 Å². The highest BCUT2D eigenvalue weighted by Crippen LogP contribution is 2.60. The first-order valence-corrected chi connectivity index (χ1v) is 17.5. The molecular weight excluding hydrogens is 679 g/mol. The SMILES string of the molecule is CCCc1cc(-c2ccc(CN(Cc3ccc(C(F)(F)P(=O)(O)O)c(Cl)c3)S(=O)(=O)c3ccccc3OC)cc2)cc(C(=O)O)c1O. The predicted octanol–water partition coefficient (Wildman–Crippen LogP) is 6.99. The van der Waals surface area contributed by atoms with Crippen molar-refractivity contribution < 1.29 is 51.3 Å². The Morgan fingerprint density at radius 2 is 1.57 bits per heavy atom. The van der Waals surface area contributed by atoms with Gasteiger partial charge >= 0.3 is 19.2 Å². The summed E-state index contributed by atoms with van der Waals surface area (Å²) in [5, 5.41) is 19.3. The number of methoxy groups -OCH3 is 1. The monoisotopic (exact) mass is 709 g/mol. The second kappa shape index (κ2) is 14.1. The van der Waals surface area contributed by atoms with Crippen molar-refractivity contribution in [1.82, 2.24) is 4.31 Å². The van der Waals surface area contributed by atoms with Gasteiger partial charge in [0.2, 0.25) is 10.0 Å². The fraction of sp³-hybridized carbons (Fsp3) is 0.219. The summed E-state index contributed by atoms with van der Waals surface area (Å²) in [5.41, 5.74) is -3.62. The molecular formula is C32H31ClF2NO9PS. The van der Waals surface area contributed by atoms with Gasteiger partial charge in [-0.3, -0.25) is 4.57 Å². The number of hydrogen-bond acceptors (Lipinski definition) is 6. The number of hydrogen-bond donors (Lipinski definition) is 4. The number of carbonyl (C=O) groups is 1. The number of alkyl halides is 2. The molecule has 0 saturated carbocycles. The molecule has 0 bridgehead atoms. The van der Waals surface area contributed by atoms with Crippen LogP contribution in [0.2, 0.25) is 5.02 Å². The number of carboxylic acids is 1. The number of aryl methyl sites for hydroxylation is 1. The Morgan fingerprint density at radius 1 is 0.957 bits per heavy atom. The molecule has 0 spiro atoms. The summed E-state index contributed by atoms with van der Waals surface area (Å²) >= 11 is 6.03. The van der Waals surface area contributed by atoms with Crippen LogP contribution in [-0.4, -0.2) is 45.8 Å². The number of ether oxygens (including phenoxy) is 1. The Balaban J connectivity index is 1.73. The second-order valence-corrected chi connectivity index (χ2v) is 14.6. The Kier molecular flexibility index (Phi) is 10.8. The summed E-state index contributed by atoms with van der Waals surface area (Å²) in [4.78, 5) is 29.9. The summed E-state index contributed by atoms with van der Waals surface area (Å²) in [7, 11) is -8.91. The summed E-state index contributed by atoms with van der Waals surface area (Å²) in [6, 6.07) is 18.5. The van der Waals surface area contributed by atoms with Crippen LogP contribution in [0.4, 0.5) is 8.78 Å². The van der Waals surface area contributed by atoms with Crippen LogP contribution in [0.5, 0.6) is 11.5 Å². The van der Waals surface area contributed by atoms with Gasteiger partial charge in [0.05, 0.1) is 17.7 Å². The zero-order valence-corrected chi connectivity index (χ0v) is 27.6. The van der Waals surface area contributed by atoms with Crippen LogP contribution in [-0.2, 0) is 39.8 Å². The molecule has 15 heteroatoms. The normalized spacial score (nSPS) is 12.3. The van der Waals surface area contributed by atoms with E-state index in [0.29, 0.717) is 35.1 Å². The van der Waals surface area contributed by atoms with E-state index in [4.69, 9.17) is 26.1 Å². The molecule has 0 heterocycles. The van der Waals surface area contributed by atoms with Crippen molar-refractivity contribution in [3.63, 3.8) is 0 Å². The van der Waals surface area contributed by atoms with E-state index in [1.165, 1.54) is 31.4 Å². The predicted molar refractivity (Wildman–Crippen MR) is 171 cm³/mol. The number of nitrogens with zero attached hydrogens (tertiary/aromatic N) is 1. The van der Waals surface area contributed by atoms with Gasteiger partial charge in [-0.05, 0) is 64.6 Å². The van der Waals surface area contributed by atoms with Gasteiger partial charge < -0.3 is 24.7 Å². The number of benzene rings is 4. The molecule has 0 radical (unpaired) electrons. The molecule has 250 valence electrons. The van der Waals surface area contributed by atoms with Gasteiger partial charge in [0.15, 0.2) is 0 Å². The van der Waals surface area contributed by atoms with Crippen LogP contribution in [0.15, 0.2) is 83.8 Å². The minimum Gasteiger partial charge on any atom is -0.507 e. The second-order valence-electron chi connectivity index (χ2n) is 10.6. The molecule has 0 aliphatic heterocycles. The molecule has 0 fully saturated rings. The summed E-state index contributed by atoms with van der Waals surface area (Å²) in [6.45, 7) is 1.31. The maximum Gasteiger partial charge on any atom is 0.399 e. The fourth-order valence-electron chi connectivity index (χ4n) is 4.95. The molecule has 0 unspecified atom stereocenters. The number of sulfonamides is 1. The van der Waals surface area contributed by atoms with Crippen molar-refractivity contribution in [3.05, 3.63) is 112 Å². The van der Waals surface area contributed by atoms with Crippen molar-refractivity contribution in [1.29, 1.82) is 0 Å². The van der Waals surface area contributed by atoms with Crippen LogP contribution in [0, 0.1) is 0 Å². The number of rotatable bonds is 13. The molecule has 0 aromatic heterocycles. The van der Waals surface area contributed by atoms with Crippen molar-refractivity contribution in [2.75, 3.05) is 7.11 Å². The van der Waals surface area contributed by atoms with Gasteiger partial charge in [0.25, 0.3) is 0 Å². The lowest BCUT2D eigenvalue weighted by Gasteiger charge is -2.24. The van der Waals surface area contributed by atoms with Crippen LogP contribution in [0.25, 0.3) is 11.1 Å².